The average molecular weight is 897 g/mol. The lowest BCUT2D eigenvalue weighted by Gasteiger charge is -2.67. The van der Waals surface area contributed by atoms with E-state index in [1.165, 1.54) is 22.3 Å². The molecule has 8 unspecified atom stereocenters. The first-order valence-electron chi connectivity index (χ1n) is 27.1. The molecule has 0 aliphatic heterocycles. The Labute approximate surface area is 389 Å². The molecular formula is C57H85FN2O5. The van der Waals surface area contributed by atoms with Crippen LogP contribution in [-0.2, 0) is 0 Å². The molecule has 8 fully saturated rings. The molecule has 0 bridgehead atoms. The van der Waals surface area contributed by atoms with E-state index in [0.717, 1.165) is 103 Å². The predicted molar refractivity (Wildman–Crippen MR) is 252 cm³/mol. The van der Waals surface area contributed by atoms with Crippen LogP contribution in [0, 0.1) is 91.7 Å². The van der Waals surface area contributed by atoms with E-state index in [2.05, 4.69) is 58.9 Å². The number of rotatable bonds is 2. The van der Waals surface area contributed by atoms with E-state index in [9.17, 15) is 25.5 Å². The maximum atomic E-state index is 15.9. The average Bonchev–Trinajstić information content (AvgIpc) is 3.79. The van der Waals surface area contributed by atoms with Crippen molar-refractivity contribution in [1.82, 2.24) is 0 Å². The smallest absolute Gasteiger partial charge is 0.212 e. The first-order valence-corrected chi connectivity index (χ1v) is 27.1. The lowest BCUT2D eigenvalue weighted by molar-refractivity contribution is -0.196. The fourth-order valence-corrected chi connectivity index (χ4v) is 22.3. The standard InChI is InChI=1S/C57H85FN2O5/c1-49-18-11-34(61)27-33(49)28-45(64)48-43(49)14-20-51(3)44(48)16-23-56(51,60)47-30-36(63)25-31-7-9-37-39-15-22-55(59,50(39,2)19-12-41(37)53(31,47)5)46-29-35(62)26-32-8-10-38-40-17-24-57(58,65)52(40,4)21-13-42(38)54(32,46)6/h7-8,28-29,34-45,47-48,61-65H,9-27,30,59-60H2,1-6H3/t34?,35?,36?,37-,38-,39-,40-,41+,42+,43+,44-,45?,47?,48+,49-,50-,51-,52-,53-,54-,55?,56?,57?/m0/s1. The second-order valence-electron chi connectivity index (χ2n) is 27.2. The summed E-state index contributed by atoms with van der Waals surface area (Å²) in [5.41, 5.74) is 19.2. The third-order valence-electron chi connectivity index (χ3n) is 25.9. The summed E-state index contributed by atoms with van der Waals surface area (Å²) in [6, 6.07) is 0. The number of alkyl halides is 1. The van der Waals surface area contributed by atoms with Gasteiger partial charge in [0.05, 0.1) is 24.4 Å². The van der Waals surface area contributed by atoms with Crippen LogP contribution in [0.2, 0.25) is 0 Å². The fourth-order valence-electron chi connectivity index (χ4n) is 22.3. The molecule has 360 valence electrons. The van der Waals surface area contributed by atoms with Crippen molar-refractivity contribution in [3.63, 3.8) is 0 Å². The molecule has 12 aliphatic rings. The van der Waals surface area contributed by atoms with Gasteiger partial charge in [0.2, 0.25) is 5.85 Å². The monoisotopic (exact) mass is 897 g/mol. The fraction of sp³-hybridized carbons (Fsp3) is 0.860. The molecule has 0 radical (unpaired) electrons. The number of fused-ring (bicyclic) bond motifs is 15. The van der Waals surface area contributed by atoms with Gasteiger partial charge in [-0.3, -0.25) is 0 Å². The van der Waals surface area contributed by atoms with Gasteiger partial charge in [0.1, 0.15) is 0 Å². The van der Waals surface area contributed by atoms with Crippen LogP contribution in [0.25, 0.3) is 0 Å². The Bertz CT molecular complexity index is 2150. The third-order valence-corrected chi connectivity index (χ3v) is 25.9. The van der Waals surface area contributed by atoms with E-state index in [1.807, 2.05) is 6.92 Å². The molecule has 0 aromatic carbocycles. The third kappa shape index (κ3) is 5.34. The molecule has 0 amide bonds. The lowest BCUT2D eigenvalue weighted by atomic mass is 9.39. The van der Waals surface area contributed by atoms with Crippen LogP contribution >= 0.6 is 0 Å². The van der Waals surface area contributed by atoms with Gasteiger partial charge in [0.25, 0.3) is 0 Å². The van der Waals surface area contributed by atoms with Crippen LogP contribution in [-0.4, -0.2) is 66.9 Å². The highest BCUT2D eigenvalue weighted by Gasteiger charge is 2.73. The van der Waals surface area contributed by atoms with Crippen LogP contribution in [0.4, 0.5) is 4.39 Å². The molecule has 65 heavy (non-hydrogen) atoms. The molecule has 0 aromatic heterocycles. The van der Waals surface area contributed by atoms with Crippen molar-refractivity contribution in [2.24, 2.45) is 103 Å². The Morgan fingerprint density at radius 3 is 1.94 bits per heavy atom. The summed E-state index contributed by atoms with van der Waals surface area (Å²) in [4.78, 5) is 0. The highest BCUT2D eigenvalue weighted by Crippen LogP contribution is 2.76. The summed E-state index contributed by atoms with van der Waals surface area (Å²) < 4.78 is 15.9. The van der Waals surface area contributed by atoms with Gasteiger partial charge in [-0.05, 0) is 208 Å². The van der Waals surface area contributed by atoms with E-state index in [4.69, 9.17) is 11.5 Å². The Kier molecular flexibility index (Phi) is 9.60. The zero-order chi connectivity index (χ0) is 45.9. The molecule has 12 aliphatic carbocycles. The second kappa shape index (κ2) is 13.9. The van der Waals surface area contributed by atoms with Crippen molar-refractivity contribution >= 4 is 0 Å². The molecule has 0 spiro atoms. The van der Waals surface area contributed by atoms with Gasteiger partial charge in [0.15, 0.2) is 0 Å². The van der Waals surface area contributed by atoms with Crippen molar-refractivity contribution in [3.05, 3.63) is 46.6 Å². The Balaban J connectivity index is 0.870. The van der Waals surface area contributed by atoms with Crippen LogP contribution in [0.5, 0.6) is 0 Å². The first kappa shape index (κ1) is 44.8. The highest BCUT2D eigenvalue weighted by atomic mass is 19.2. The number of hydrogen-bond acceptors (Lipinski definition) is 7. The van der Waals surface area contributed by atoms with Gasteiger partial charge in [-0.1, -0.05) is 82.6 Å². The molecule has 0 heterocycles. The van der Waals surface area contributed by atoms with Gasteiger partial charge < -0.3 is 37.0 Å². The zero-order valence-electron chi connectivity index (χ0n) is 40.8. The zero-order valence-corrected chi connectivity index (χ0v) is 40.8. The van der Waals surface area contributed by atoms with E-state index < -0.39 is 40.7 Å². The molecule has 8 saturated carbocycles. The maximum Gasteiger partial charge on any atom is 0.212 e. The molecule has 8 heteroatoms. The normalized spacial score (nSPS) is 61.1. The summed E-state index contributed by atoms with van der Waals surface area (Å²) in [6.45, 7) is 14.5. The Morgan fingerprint density at radius 2 is 1.17 bits per heavy atom. The van der Waals surface area contributed by atoms with Crippen molar-refractivity contribution in [3.8, 4) is 0 Å². The summed E-state index contributed by atoms with van der Waals surface area (Å²) in [7, 11) is 0. The van der Waals surface area contributed by atoms with Gasteiger partial charge in [0, 0.05) is 28.3 Å². The highest BCUT2D eigenvalue weighted by molar-refractivity contribution is 5.47. The SMILES string of the molecule is C[C@]12C(=CC[C@@H]3[C@H]1CC[C@@]1(C)[C@H]3CCC1(O)F)CC(O)C=C2C1(N)CC[C@H]2[C@@H]3CC=C4CC(O)CC(C5(N)CC[C@H]6[C@@H]7C(O)C=C8CC(O)CC[C@]8(C)[C@@H]7CC[C@@]65C)[C@]4(C)[C@@H]3CC[C@@]21C. The van der Waals surface area contributed by atoms with E-state index in [1.54, 1.807) is 0 Å². The van der Waals surface area contributed by atoms with Crippen molar-refractivity contribution in [2.45, 2.75) is 211 Å². The topological polar surface area (TPSA) is 153 Å². The molecule has 12 rings (SSSR count). The molecule has 0 saturated heterocycles. The van der Waals surface area contributed by atoms with Gasteiger partial charge >= 0.3 is 0 Å². The molecule has 23 atom stereocenters. The summed E-state index contributed by atoms with van der Waals surface area (Å²) in [5.74, 6) is 0.907. The number of aliphatic hydroxyl groups excluding tert-OH is 4. The van der Waals surface area contributed by atoms with Gasteiger partial charge in [-0.25, -0.2) is 4.39 Å². The van der Waals surface area contributed by atoms with Crippen LogP contribution < -0.4 is 11.5 Å². The molecule has 9 N–H and O–H groups in total. The number of hydrogen-bond donors (Lipinski definition) is 7. The van der Waals surface area contributed by atoms with E-state index in [0.29, 0.717) is 54.8 Å². The Morgan fingerprint density at radius 1 is 0.569 bits per heavy atom. The predicted octanol–water partition coefficient (Wildman–Crippen LogP) is 9.35. The molecule has 7 nitrogen and oxygen atoms in total. The minimum atomic E-state index is -2.12. The van der Waals surface area contributed by atoms with E-state index >= 15 is 4.39 Å². The summed E-state index contributed by atoms with van der Waals surface area (Å²) in [5, 5.41) is 57.4. The number of nitrogens with two attached hydrogens (primary N) is 2. The van der Waals surface area contributed by atoms with Gasteiger partial charge in [-0.15, -0.1) is 0 Å². The second-order valence-corrected chi connectivity index (χ2v) is 27.2. The number of aliphatic hydroxyl groups is 5. The van der Waals surface area contributed by atoms with Crippen molar-refractivity contribution in [1.29, 1.82) is 0 Å². The summed E-state index contributed by atoms with van der Waals surface area (Å²) in [6.07, 6.45) is 24.7. The van der Waals surface area contributed by atoms with Crippen LogP contribution in [0.15, 0.2) is 46.6 Å². The largest absolute Gasteiger partial charge is 0.393 e. The first-order chi connectivity index (χ1) is 30.5. The number of allylic oxidation sites excluding steroid dienone is 2. The van der Waals surface area contributed by atoms with Crippen molar-refractivity contribution < 1.29 is 29.9 Å². The lowest BCUT2D eigenvalue weighted by Crippen LogP contribution is -2.69. The molecular weight excluding hydrogens is 812 g/mol. The van der Waals surface area contributed by atoms with Crippen LogP contribution in [0.1, 0.15) is 170 Å². The number of halogens is 1. The quantitative estimate of drug-likeness (QED) is 0.137. The maximum absolute atomic E-state index is 15.9. The minimum absolute atomic E-state index is 0.0217. The van der Waals surface area contributed by atoms with E-state index in [-0.39, 0.29) is 63.3 Å². The Hall–Kier alpha value is -1.39. The van der Waals surface area contributed by atoms with Gasteiger partial charge in [-0.2, -0.15) is 0 Å². The van der Waals surface area contributed by atoms with Crippen LogP contribution in [0.3, 0.4) is 0 Å². The van der Waals surface area contributed by atoms with Crippen molar-refractivity contribution in [2.75, 3.05) is 0 Å². The minimum Gasteiger partial charge on any atom is -0.393 e. The summed E-state index contributed by atoms with van der Waals surface area (Å²) >= 11 is 0. The molecule has 0 aromatic rings.